The van der Waals surface area contributed by atoms with Crippen LogP contribution in [0.3, 0.4) is 0 Å². The molecule has 0 bridgehead atoms. The Bertz CT molecular complexity index is 446. The molecule has 100 valence electrons. The third-order valence-corrected chi connectivity index (χ3v) is 2.03. The molecule has 1 aromatic rings. The second-order valence-corrected chi connectivity index (χ2v) is 3.46. The van der Waals surface area contributed by atoms with Crippen LogP contribution >= 0.6 is 0 Å². The first-order valence-electron chi connectivity index (χ1n) is 4.70. The highest BCUT2D eigenvalue weighted by atomic mass is 19.4. The van der Waals surface area contributed by atoms with Gasteiger partial charge in [0.05, 0.1) is 12.1 Å². The zero-order valence-electron chi connectivity index (χ0n) is 8.76. The van der Waals surface area contributed by atoms with Gasteiger partial charge in [0.15, 0.2) is 0 Å². The van der Waals surface area contributed by atoms with Crippen LogP contribution in [0.4, 0.5) is 27.6 Å². The lowest BCUT2D eigenvalue weighted by Gasteiger charge is -2.21. The Hall–Kier alpha value is -1.86. The Morgan fingerprint density at radius 1 is 1.33 bits per heavy atom. The topological polar surface area (TPSA) is 49.3 Å². The zero-order chi connectivity index (χ0) is 13.9. The van der Waals surface area contributed by atoms with E-state index in [1.807, 2.05) is 0 Å². The standard InChI is InChI=1S/C10H8F5NO2/c11-5-1-2-7(6(12)3-5)16-8(4-9(17)18)10(13,14)15/h1-3,8,16H,4H2,(H,17,18). The van der Waals surface area contributed by atoms with Gasteiger partial charge in [0.2, 0.25) is 0 Å². The molecule has 0 saturated heterocycles. The maximum absolute atomic E-state index is 13.1. The highest BCUT2D eigenvalue weighted by molar-refractivity contribution is 5.68. The molecule has 0 fully saturated rings. The smallest absolute Gasteiger partial charge is 0.409 e. The molecule has 0 heterocycles. The molecule has 0 amide bonds. The van der Waals surface area contributed by atoms with E-state index in [1.54, 1.807) is 5.32 Å². The maximum Gasteiger partial charge on any atom is 0.409 e. The quantitative estimate of drug-likeness (QED) is 0.826. The number of hydrogen-bond donors (Lipinski definition) is 2. The van der Waals surface area contributed by atoms with Crippen LogP contribution in [-0.4, -0.2) is 23.3 Å². The number of carbonyl (C=O) groups is 1. The van der Waals surface area contributed by atoms with Crippen molar-refractivity contribution in [2.45, 2.75) is 18.6 Å². The van der Waals surface area contributed by atoms with Gasteiger partial charge in [-0.3, -0.25) is 4.79 Å². The van der Waals surface area contributed by atoms with Crippen LogP contribution < -0.4 is 5.32 Å². The summed E-state index contributed by atoms with van der Waals surface area (Å²) < 4.78 is 63.0. The third-order valence-electron chi connectivity index (χ3n) is 2.03. The predicted molar refractivity (Wildman–Crippen MR) is 52.1 cm³/mol. The van der Waals surface area contributed by atoms with Gasteiger partial charge in [0.1, 0.15) is 17.7 Å². The molecule has 0 aliphatic carbocycles. The number of nitrogens with one attached hydrogen (secondary N) is 1. The molecule has 1 atom stereocenters. The lowest BCUT2D eigenvalue weighted by molar-refractivity contribution is -0.157. The summed E-state index contributed by atoms with van der Waals surface area (Å²) in [6.45, 7) is 0. The van der Waals surface area contributed by atoms with E-state index in [4.69, 9.17) is 5.11 Å². The Labute approximate surface area is 98.2 Å². The summed E-state index contributed by atoms with van der Waals surface area (Å²) in [5.74, 6) is -3.86. The molecule has 0 spiro atoms. The molecule has 18 heavy (non-hydrogen) atoms. The average Bonchev–Trinajstić information content (AvgIpc) is 2.18. The van der Waals surface area contributed by atoms with Gasteiger partial charge in [-0.25, -0.2) is 8.78 Å². The van der Waals surface area contributed by atoms with Crippen LogP contribution in [-0.2, 0) is 4.79 Å². The molecular weight excluding hydrogens is 261 g/mol. The van der Waals surface area contributed by atoms with E-state index in [9.17, 15) is 26.7 Å². The van der Waals surface area contributed by atoms with Crippen LogP contribution in [0.5, 0.6) is 0 Å². The molecule has 0 radical (unpaired) electrons. The number of rotatable bonds is 4. The third kappa shape index (κ3) is 3.86. The summed E-state index contributed by atoms with van der Waals surface area (Å²) in [4.78, 5) is 10.3. The van der Waals surface area contributed by atoms with Crippen molar-refractivity contribution in [3.05, 3.63) is 29.8 Å². The van der Waals surface area contributed by atoms with Crippen molar-refractivity contribution in [3.8, 4) is 0 Å². The SMILES string of the molecule is O=C(O)CC(Nc1ccc(F)cc1F)C(F)(F)F. The van der Waals surface area contributed by atoms with Gasteiger partial charge < -0.3 is 10.4 Å². The normalized spacial score (nSPS) is 13.2. The first kappa shape index (κ1) is 14.2. The molecule has 1 aromatic carbocycles. The summed E-state index contributed by atoms with van der Waals surface area (Å²) in [6, 6.07) is -0.517. The number of benzene rings is 1. The number of carboxylic acids is 1. The monoisotopic (exact) mass is 269 g/mol. The van der Waals surface area contributed by atoms with Crippen LogP contribution in [0, 0.1) is 11.6 Å². The predicted octanol–water partition coefficient (Wildman–Crippen LogP) is 2.78. The summed E-state index contributed by atoms with van der Waals surface area (Å²) in [5.41, 5.74) is -0.611. The van der Waals surface area contributed by atoms with Gasteiger partial charge in [-0.05, 0) is 12.1 Å². The fourth-order valence-electron chi connectivity index (χ4n) is 1.22. The van der Waals surface area contributed by atoms with Crippen molar-refractivity contribution in [2.24, 2.45) is 0 Å². The Morgan fingerprint density at radius 3 is 2.39 bits per heavy atom. The van der Waals surface area contributed by atoms with Crippen molar-refractivity contribution in [3.63, 3.8) is 0 Å². The van der Waals surface area contributed by atoms with E-state index >= 15 is 0 Å². The summed E-state index contributed by atoms with van der Waals surface area (Å²) in [7, 11) is 0. The number of anilines is 1. The zero-order valence-corrected chi connectivity index (χ0v) is 8.76. The van der Waals surface area contributed by atoms with Crippen molar-refractivity contribution in [2.75, 3.05) is 5.32 Å². The maximum atomic E-state index is 13.1. The lowest BCUT2D eigenvalue weighted by Crippen LogP contribution is -2.38. The fraction of sp³-hybridized carbons (Fsp3) is 0.300. The number of halogens is 5. The molecule has 0 aliphatic rings. The average molecular weight is 269 g/mol. The molecule has 0 saturated carbocycles. The molecule has 8 heteroatoms. The molecule has 1 rings (SSSR count). The van der Waals surface area contributed by atoms with E-state index < -0.39 is 41.9 Å². The second kappa shape index (κ2) is 5.19. The van der Waals surface area contributed by atoms with E-state index in [-0.39, 0.29) is 0 Å². The summed E-state index contributed by atoms with van der Waals surface area (Å²) in [6.07, 6.45) is -6.13. The first-order valence-corrected chi connectivity index (χ1v) is 4.70. The Balaban J connectivity index is 2.92. The molecule has 2 N–H and O–H groups in total. The minimum Gasteiger partial charge on any atom is -0.481 e. The van der Waals surface area contributed by atoms with Gasteiger partial charge in [0.25, 0.3) is 0 Å². The minimum atomic E-state index is -4.86. The highest BCUT2D eigenvalue weighted by Gasteiger charge is 2.41. The number of hydrogen-bond acceptors (Lipinski definition) is 2. The van der Waals surface area contributed by atoms with Crippen LogP contribution in [0.15, 0.2) is 18.2 Å². The number of carboxylic acid groups (broad SMARTS) is 1. The van der Waals surface area contributed by atoms with E-state index in [0.717, 1.165) is 12.1 Å². The summed E-state index contributed by atoms with van der Waals surface area (Å²) >= 11 is 0. The number of alkyl halides is 3. The largest absolute Gasteiger partial charge is 0.481 e. The first-order chi connectivity index (χ1) is 8.20. The van der Waals surface area contributed by atoms with Crippen molar-refractivity contribution >= 4 is 11.7 Å². The van der Waals surface area contributed by atoms with Crippen molar-refractivity contribution in [1.82, 2.24) is 0 Å². The van der Waals surface area contributed by atoms with E-state index in [2.05, 4.69) is 0 Å². The van der Waals surface area contributed by atoms with Crippen molar-refractivity contribution in [1.29, 1.82) is 0 Å². The minimum absolute atomic E-state index is 0.399. The Kier molecular flexibility index (Phi) is 4.10. The molecule has 0 aliphatic heterocycles. The van der Waals surface area contributed by atoms with Crippen molar-refractivity contribution < 1.29 is 31.9 Å². The lowest BCUT2D eigenvalue weighted by atomic mass is 10.2. The van der Waals surface area contributed by atoms with Gasteiger partial charge in [-0.1, -0.05) is 0 Å². The highest BCUT2D eigenvalue weighted by Crippen LogP contribution is 2.27. The van der Waals surface area contributed by atoms with Crippen LogP contribution in [0.25, 0.3) is 0 Å². The van der Waals surface area contributed by atoms with E-state index in [1.165, 1.54) is 0 Å². The van der Waals surface area contributed by atoms with E-state index in [0.29, 0.717) is 6.07 Å². The van der Waals surface area contributed by atoms with Gasteiger partial charge in [0, 0.05) is 6.07 Å². The molecular formula is C10H8F5NO2. The van der Waals surface area contributed by atoms with Gasteiger partial charge in [-0.2, -0.15) is 13.2 Å². The second-order valence-electron chi connectivity index (χ2n) is 3.46. The number of aliphatic carboxylic acids is 1. The van der Waals surface area contributed by atoms with Gasteiger partial charge >= 0.3 is 12.1 Å². The molecule has 1 unspecified atom stereocenters. The van der Waals surface area contributed by atoms with Gasteiger partial charge in [-0.15, -0.1) is 0 Å². The summed E-state index contributed by atoms with van der Waals surface area (Å²) in [5, 5.41) is 10.0. The van der Waals surface area contributed by atoms with Crippen LogP contribution in [0.2, 0.25) is 0 Å². The fourth-order valence-corrected chi connectivity index (χ4v) is 1.22. The molecule has 0 aromatic heterocycles. The Morgan fingerprint density at radius 2 is 1.94 bits per heavy atom. The molecule has 3 nitrogen and oxygen atoms in total. The van der Waals surface area contributed by atoms with Crippen LogP contribution in [0.1, 0.15) is 6.42 Å².